The van der Waals surface area contributed by atoms with E-state index >= 15 is 0 Å². The molecule has 0 radical (unpaired) electrons. The van der Waals surface area contributed by atoms with Crippen LogP contribution >= 0.6 is 0 Å². The van der Waals surface area contributed by atoms with E-state index < -0.39 is 17.5 Å². The van der Waals surface area contributed by atoms with Gasteiger partial charge in [-0.15, -0.1) is 0 Å². The number of nitrogens with one attached hydrogen (secondary N) is 3. The number of methoxy groups -OCH3 is 1. The van der Waals surface area contributed by atoms with Gasteiger partial charge in [-0.05, 0) is 29.8 Å². The number of carbonyl (C=O) groups is 3. The first kappa shape index (κ1) is 21.6. The number of imide groups is 1. The molecular weight excluding hydrogens is 466 g/mol. The van der Waals surface area contributed by atoms with Crippen LogP contribution in [0.25, 0.3) is 11.1 Å². The minimum absolute atomic E-state index is 0.125. The first-order valence-corrected chi connectivity index (χ1v) is 11.1. The number of anilines is 2. The molecule has 1 aromatic carbocycles. The van der Waals surface area contributed by atoms with Crippen molar-refractivity contribution in [2.75, 3.05) is 19.0 Å². The third-order valence-corrected chi connectivity index (χ3v) is 6.44. The Hall–Kier alpha value is -4.87. The summed E-state index contributed by atoms with van der Waals surface area (Å²) in [5, 5.41) is 12.2. The van der Waals surface area contributed by atoms with Gasteiger partial charge < -0.3 is 24.7 Å². The largest absolute Gasteiger partial charge is 0.497 e. The van der Waals surface area contributed by atoms with Gasteiger partial charge in [-0.3, -0.25) is 19.6 Å². The van der Waals surface area contributed by atoms with Gasteiger partial charge in [0.1, 0.15) is 28.7 Å². The van der Waals surface area contributed by atoms with Crippen molar-refractivity contribution in [3.8, 4) is 5.75 Å². The van der Waals surface area contributed by atoms with Crippen LogP contribution in [0.15, 0.2) is 53.1 Å². The summed E-state index contributed by atoms with van der Waals surface area (Å²) in [6.45, 7) is 0.153. The van der Waals surface area contributed by atoms with Crippen molar-refractivity contribution in [3.05, 3.63) is 65.5 Å². The maximum Gasteiger partial charge on any atom is 0.322 e. The van der Waals surface area contributed by atoms with Gasteiger partial charge in [0.15, 0.2) is 11.1 Å². The molecule has 0 bridgehead atoms. The summed E-state index contributed by atoms with van der Waals surface area (Å²) < 4.78 is 12.9. The van der Waals surface area contributed by atoms with Crippen molar-refractivity contribution in [2.24, 2.45) is 7.05 Å². The minimum Gasteiger partial charge on any atom is -0.497 e. The number of nitrogens with zero attached hydrogens (tertiary/aromatic N) is 4. The lowest BCUT2D eigenvalue weighted by molar-refractivity contribution is -0.125. The quantitative estimate of drug-likeness (QED) is 0.351. The Bertz CT molecular complexity index is 1560. The highest BCUT2D eigenvalue weighted by Crippen LogP contribution is 2.35. The number of rotatable bonds is 6. The Morgan fingerprint density at radius 3 is 2.75 bits per heavy atom. The standard InChI is InChI=1S/C24H21N7O5/c1-30-20(7-8-25-30)27-19-6-5-17-16(26-19)10-18(36-17)24(22(33)28-23(34)29-24)12-31-11-13-3-4-14(35-2)9-15(13)21(31)32/h3-10H,11-12H2,1-2H3,(H,26,27)(H2,28,29,33,34). The molecule has 0 spiro atoms. The Labute approximate surface area is 204 Å². The molecule has 3 aromatic heterocycles. The van der Waals surface area contributed by atoms with Gasteiger partial charge in [-0.2, -0.15) is 5.10 Å². The number of hydrogen-bond acceptors (Lipinski definition) is 8. The molecule has 36 heavy (non-hydrogen) atoms. The summed E-state index contributed by atoms with van der Waals surface area (Å²) in [6.07, 6.45) is 1.66. The summed E-state index contributed by atoms with van der Waals surface area (Å²) in [6, 6.07) is 11.4. The number of aryl methyl sites for hydroxylation is 1. The normalized spacial score (nSPS) is 18.9. The highest BCUT2D eigenvalue weighted by atomic mass is 16.5. The molecule has 4 amide bonds. The van der Waals surface area contributed by atoms with Crippen LogP contribution in [0.4, 0.5) is 16.4 Å². The van der Waals surface area contributed by atoms with Gasteiger partial charge in [0.25, 0.3) is 11.8 Å². The average Bonchev–Trinajstić information content (AvgIpc) is 3.61. The molecule has 12 nitrogen and oxygen atoms in total. The number of amides is 4. The second-order valence-corrected chi connectivity index (χ2v) is 8.65. The number of fused-ring (bicyclic) bond motifs is 2. The molecule has 4 aromatic rings. The van der Waals surface area contributed by atoms with Crippen LogP contribution in [0.3, 0.4) is 0 Å². The molecular formula is C24H21N7O5. The number of pyridine rings is 1. The van der Waals surface area contributed by atoms with Gasteiger partial charge in [0.2, 0.25) is 0 Å². The Morgan fingerprint density at radius 1 is 1.17 bits per heavy atom. The van der Waals surface area contributed by atoms with Gasteiger partial charge in [-0.1, -0.05) is 6.07 Å². The van der Waals surface area contributed by atoms with Crippen molar-refractivity contribution in [3.63, 3.8) is 0 Å². The highest BCUT2D eigenvalue weighted by molar-refractivity contribution is 6.08. The lowest BCUT2D eigenvalue weighted by atomic mass is 9.95. The summed E-state index contributed by atoms with van der Waals surface area (Å²) >= 11 is 0. The van der Waals surface area contributed by atoms with Crippen LogP contribution in [0, 0.1) is 0 Å². The van der Waals surface area contributed by atoms with Gasteiger partial charge in [0.05, 0.1) is 19.9 Å². The lowest BCUT2D eigenvalue weighted by Crippen LogP contribution is -2.52. The molecule has 12 heteroatoms. The predicted octanol–water partition coefficient (Wildman–Crippen LogP) is 2.00. The van der Waals surface area contributed by atoms with Crippen LogP contribution in [0.2, 0.25) is 0 Å². The maximum atomic E-state index is 13.2. The third-order valence-electron chi connectivity index (χ3n) is 6.44. The Kier molecular flexibility index (Phi) is 4.71. The molecule has 2 aliphatic rings. The van der Waals surface area contributed by atoms with Crippen LogP contribution in [0.1, 0.15) is 21.7 Å². The summed E-state index contributed by atoms with van der Waals surface area (Å²) in [4.78, 5) is 44.6. The molecule has 1 fully saturated rings. The number of benzene rings is 1. The number of carbonyl (C=O) groups excluding carboxylic acids is 3. The van der Waals surface area contributed by atoms with Crippen LogP contribution in [-0.2, 0) is 23.9 Å². The minimum atomic E-state index is -1.62. The molecule has 1 atom stereocenters. The molecule has 5 heterocycles. The van der Waals surface area contributed by atoms with Crippen LogP contribution in [0.5, 0.6) is 5.75 Å². The predicted molar refractivity (Wildman–Crippen MR) is 127 cm³/mol. The van der Waals surface area contributed by atoms with Gasteiger partial charge >= 0.3 is 6.03 Å². The molecule has 182 valence electrons. The summed E-state index contributed by atoms with van der Waals surface area (Å²) in [5.74, 6) is 1.15. The fourth-order valence-corrected chi connectivity index (χ4v) is 4.57. The van der Waals surface area contributed by atoms with E-state index in [1.165, 1.54) is 12.0 Å². The number of hydrogen-bond donors (Lipinski definition) is 3. The summed E-state index contributed by atoms with van der Waals surface area (Å²) in [7, 11) is 3.33. The zero-order valence-corrected chi connectivity index (χ0v) is 19.4. The molecule has 0 aliphatic carbocycles. The molecule has 0 saturated carbocycles. The van der Waals surface area contributed by atoms with Crippen molar-refractivity contribution in [1.82, 2.24) is 30.3 Å². The topological polar surface area (TPSA) is 144 Å². The zero-order valence-electron chi connectivity index (χ0n) is 19.4. The fourth-order valence-electron chi connectivity index (χ4n) is 4.57. The second-order valence-electron chi connectivity index (χ2n) is 8.65. The van der Waals surface area contributed by atoms with Crippen molar-refractivity contribution >= 4 is 40.6 Å². The number of urea groups is 1. The van der Waals surface area contributed by atoms with Crippen molar-refractivity contribution in [2.45, 2.75) is 12.1 Å². The SMILES string of the molecule is COc1ccc2c(c1)C(=O)N(CC1(c3cc4nc(Nc5ccnn5C)ccc4o3)NC(=O)NC1=O)C2. The molecule has 2 aliphatic heterocycles. The van der Waals surface area contributed by atoms with Crippen LogP contribution in [-0.4, -0.2) is 51.2 Å². The van der Waals surface area contributed by atoms with Gasteiger partial charge in [0, 0.05) is 31.3 Å². The van der Waals surface area contributed by atoms with E-state index in [0.717, 1.165) is 11.4 Å². The number of aromatic nitrogens is 3. The van der Waals surface area contributed by atoms with Crippen molar-refractivity contribution in [1.29, 1.82) is 0 Å². The van der Waals surface area contributed by atoms with Crippen molar-refractivity contribution < 1.29 is 23.5 Å². The van der Waals surface area contributed by atoms with E-state index in [4.69, 9.17) is 9.15 Å². The molecule has 3 N–H and O–H groups in total. The first-order valence-electron chi connectivity index (χ1n) is 11.1. The van der Waals surface area contributed by atoms with Gasteiger partial charge in [-0.25, -0.2) is 9.78 Å². The Morgan fingerprint density at radius 2 is 2.03 bits per heavy atom. The third kappa shape index (κ3) is 3.34. The molecule has 1 saturated heterocycles. The Balaban J connectivity index is 1.35. The van der Waals surface area contributed by atoms with E-state index in [1.807, 2.05) is 6.07 Å². The van der Waals surface area contributed by atoms with E-state index in [-0.39, 0.29) is 24.8 Å². The zero-order chi connectivity index (χ0) is 25.0. The molecule has 1 unspecified atom stereocenters. The van der Waals surface area contributed by atoms with Crippen LogP contribution < -0.4 is 20.7 Å². The number of furan rings is 1. The highest BCUT2D eigenvalue weighted by Gasteiger charge is 2.53. The fraction of sp³-hybridized carbons (Fsp3) is 0.208. The monoisotopic (exact) mass is 487 g/mol. The molecule has 6 rings (SSSR count). The lowest BCUT2D eigenvalue weighted by Gasteiger charge is -2.28. The second kappa shape index (κ2) is 7.83. The average molecular weight is 487 g/mol. The number of ether oxygens (including phenoxy) is 1. The van der Waals surface area contributed by atoms with E-state index in [1.54, 1.807) is 54.3 Å². The smallest absolute Gasteiger partial charge is 0.322 e. The summed E-state index contributed by atoms with van der Waals surface area (Å²) in [5.41, 5.74) is 0.583. The maximum absolute atomic E-state index is 13.2. The van der Waals surface area contributed by atoms with E-state index in [9.17, 15) is 14.4 Å². The van der Waals surface area contributed by atoms with E-state index in [0.29, 0.717) is 28.2 Å². The van der Waals surface area contributed by atoms with E-state index in [2.05, 4.69) is 26.0 Å². The first-order chi connectivity index (χ1) is 17.4.